The molecule has 2 aliphatic rings. The van der Waals surface area contributed by atoms with Gasteiger partial charge in [0.25, 0.3) is 0 Å². The van der Waals surface area contributed by atoms with Crippen LogP contribution in [0.2, 0.25) is 0 Å². The molecule has 19 heavy (non-hydrogen) atoms. The predicted molar refractivity (Wildman–Crippen MR) is 71.9 cm³/mol. The highest BCUT2D eigenvalue weighted by Crippen LogP contribution is 2.45. The molecule has 4 atom stereocenters. The molecule has 2 nitrogen and oxygen atoms in total. The predicted octanol–water partition coefficient (Wildman–Crippen LogP) is 3.56. The van der Waals surface area contributed by atoms with E-state index in [1.807, 2.05) is 0 Å². The molecule has 0 amide bonds. The summed E-state index contributed by atoms with van der Waals surface area (Å²) < 4.78 is 34.4. The van der Waals surface area contributed by atoms with Crippen LogP contribution in [-0.2, 0) is 4.74 Å². The summed E-state index contributed by atoms with van der Waals surface area (Å²) in [5.74, 6) is -0.869. The highest BCUT2D eigenvalue weighted by Gasteiger charge is 2.45. The number of nitrogens with one attached hydrogen (secondary N) is 1. The third kappa shape index (κ3) is 2.22. The molecule has 1 N–H and O–H groups in total. The fourth-order valence-electron chi connectivity index (χ4n) is 3.43. The molecule has 104 valence electrons. The maximum Gasteiger partial charge on any atom is 0.145 e. The van der Waals surface area contributed by atoms with Crippen LogP contribution in [0.1, 0.15) is 30.9 Å². The van der Waals surface area contributed by atoms with Crippen molar-refractivity contribution in [3.63, 3.8) is 0 Å². The van der Waals surface area contributed by atoms with Crippen molar-refractivity contribution in [3.05, 3.63) is 33.8 Å². The van der Waals surface area contributed by atoms with Gasteiger partial charge in [0.15, 0.2) is 0 Å². The lowest BCUT2D eigenvalue weighted by Gasteiger charge is -2.29. The molecule has 4 unspecified atom stereocenters. The SMILES string of the molecule is CNC(c1c(F)ccc(Br)c1F)C1CC2CCC1O2. The van der Waals surface area contributed by atoms with Crippen LogP contribution >= 0.6 is 15.9 Å². The van der Waals surface area contributed by atoms with Gasteiger partial charge in [-0.15, -0.1) is 0 Å². The molecule has 2 saturated heterocycles. The van der Waals surface area contributed by atoms with Crippen LogP contribution in [0.15, 0.2) is 16.6 Å². The molecule has 3 rings (SSSR count). The number of benzene rings is 1. The van der Waals surface area contributed by atoms with Crippen LogP contribution in [0.3, 0.4) is 0 Å². The van der Waals surface area contributed by atoms with Crippen LogP contribution < -0.4 is 5.32 Å². The summed E-state index contributed by atoms with van der Waals surface area (Å²) in [6, 6.07) is 2.37. The smallest absolute Gasteiger partial charge is 0.145 e. The Morgan fingerprint density at radius 3 is 2.74 bits per heavy atom. The first-order valence-electron chi connectivity index (χ1n) is 6.58. The molecule has 0 aromatic heterocycles. The summed E-state index contributed by atoms with van der Waals surface area (Å²) in [6.07, 6.45) is 3.33. The molecule has 0 spiro atoms. The highest BCUT2D eigenvalue weighted by molar-refractivity contribution is 9.10. The maximum absolute atomic E-state index is 14.2. The van der Waals surface area contributed by atoms with Crippen molar-refractivity contribution in [1.82, 2.24) is 5.32 Å². The molecule has 0 saturated carbocycles. The second-order valence-electron chi connectivity index (χ2n) is 5.30. The summed E-state index contributed by atoms with van der Waals surface area (Å²) in [5, 5.41) is 3.07. The quantitative estimate of drug-likeness (QED) is 0.855. The Balaban J connectivity index is 1.97. The number of hydrogen-bond donors (Lipinski definition) is 1. The van der Waals surface area contributed by atoms with Crippen molar-refractivity contribution in [2.24, 2.45) is 5.92 Å². The fraction of sp³-hybridized carbons (Fsp3) is 0.571. The first kappa shape index (κ1) is 13.5. The molecular weight excluding hydrogens is 316 g/mol. The molecule has 2 fully saturated rings. The van der Waals surface area contributed by atoms with Gasteiger partial charge in [-0.2, -0.15) is 0 Å². The van der Waals surface area contributed by atoms with E-state index in [0.29, 0.717) is 4.47 Å². The standard InChI is InChI=1S/C14H16BrF2NO/c1-18-14(8-6-7-2-5-11(8)19-7)12-10(16)4-3-9(15)13(12)17/h3-4,7-8,11,14,18H,2,5-6H2,1H3. The second-order valence-corrected chi connectivity index (χ2v) is 6.15. The zero-order valence-corrected chi connectivity index (χ0v) is 12.2. The van der Waals surface area contributed by atoms with E-state index >= 15 is 0 Å². The first-order chi connectivity index (χ1) is 9.11. The molecule has 2 bridgehead atoms. The van der Waals surface area contributed by atoms with Gasteiger partial charge in [-0.25, -0.2) is 8.78 Å². The number of halogens is 3. The van der Waals surface area contributed by atoms with Crippen LogP contribution in [0.25, 0.3) is 0 Å². The van der Waals surface area contributed by atoms with E-state index in [2.05, 4.69) is 21.2 Å². The summed E-state index contributed by atoms with van der Waals surface area (Å²) in [5.41, 5.74) is 0.123. The fourth-order valence-corrected chi connectivity index (χ4v) is 3.77. The Morgan fingerprint density at radius 1 is 1.37 bits per heavy atom. The molecule has 2 aliphatic heterocycles. The van der Waals surface area contributed by atoms with Gasteiger partial charge in [0.05, 0.1) is 16.7 Å². The van der Waals surface area contributed by atoms with Crippen molar-refractivity contribution in [2.75, 3.05) is 7.05 Å². The van der Waals surface area contributed by atoms with Crippen molar-refractivity contribution in [3.8, 4) is 0 Å². The Hall–Kier alpha value is -0.520. The van der Waals surface area contributed by atoms with Gasteiger partial charge in [-0.3, -0.25) is 0 Å². The summed E-state index contributed by atoms with van der Waals surface area (Å²) >= 11 is 3.13. The Kier molecular flexibility index (Phi) is 3.62. The molecular formula is C14H16BrF2NO. The summed E-state index contributed by atoms with van der Waals surface area (Å²) in [4.78, 5) is 0. The minimum atomic E-state index is -0.512. The molecule has 1 aromatic carbocycles. The van der Waals surface area contributed by atoms with Gasteiger partial charge in [0, 0.05) is 17.5 Å². The van der Waals surface area contributed by atoms with Gasteiger partial charge in [-0.1, -0.05) is 0 Å². The lowest BCUT2D eigenvalue weighted by atomic mass is 9.81. The van der Waals surface area contributed by atoms with E-state index < -0.39 is 11.6 Å². The third-order valence-corrected chi connectivity index (χ3v) is 4.90. The van der Waals surface area contributed by atoms with E-state index in [1.165, 1.54) is 12.1 Å². The summed E-state index contributed by atoms with van der Waals surface area (Å²) in [6.45, 7) is 0. The van der Waals surface area contributed by atoms with E-state index in [9.17, 15) is 8.78 Å². The zero-order valence-electron chi connectivity index (χ0n) is 10.6. The second kappa shape index (κ2) is 5.11. The Bertz CT molecular complexity index is 497. The van der Waals surface area contributed by atoms with E-state index in [0.717, 1.165) is 19.3 Å². The maximum atomic E-state index is 14.2. The van der Waals surface area contributed by atoms with Crippen molar-refractivity contribution in [2.45, 2.75) is 37.5 Å². The van der Waals surface area contributed by atoms with Gasteiger partial charge >= 0.3 is 0 Å². The van der Waals surface area contributed by atoms with Crippen LogP contribution in [0.4, 0.5) is 8.78 Å². The number of rotatable bonds is 3. The monoisotopic (exact) mass is 331 g/mol. The van der Waals surface area contributed by atoms with Crippen LogP contribution in [0, 0.1) is 17.6 Å². The third-order valence-electron chi connectivity index (χ3n) is 4.28. The minimum Gasteiger partial charge on any atom is -0.375 e. The van der Waals surface area contributed by atoms with Crippen LogP contribution in [0.5, 0.6) is 0 Å². The van der Waals surface area contributed by atoms with Crippen molar-refractivity contribution in [1.29, 1.82) is 0 Å². The highest BCUT2D eigenvalue weighted by atomic mass is 79.9. The lowest BCUT2D eigenvalue weighted by molar-refractivity contribution is 0.0857. The van der Waals surface area contributed by atoms with Gasteiger partial charge in [0.2, 0.25) is 0 Å². The zero-order chi connectivity index (χ0) is 13.6. The van der Waals surface area contributed by atoms with Crippen LogP contribution in [-0.4, -0.2) is 19.3 Å². The summed E-state index contributed by atoms with van der Waals surface area (Å²) in [7, 11) is 1.75. The molecule has 0 radical (unpaired) electrons. The van der Waals surface area contributed by atoms with E-state index in [4.69, 9.17) is 4.74 Å². The first-order valence-corrected chi connectivity index (χ1v) is 7.37. The Morgan fingerprint density at radius 2 is 2.16 bits per heavy atom. The molecule has 1 aromatic rings. The molecule has 2 heterocycles. The lowest BCUT2D eigenvalue weighted by Crippen LogP contribution is -2.33. The van der Waals surface area contributed by atoms with Gasteiger partial charge in [0.1, 0.15) is 11.6 Å². The normalized spacial score (nSPS) is 30.8. The number of fused-ring (bicyclic) bond motifs is 2. The average Bonchev–Trinajstić information content (AvgIpc) is 3.01. The van der Waals surface area contributed by atoms with Crippen molar-refractivity contribution < 1.29 is 13.5 Å². The Labute approximate surface area is 119 Å². The molecule has 5 heteroatoms. The number of hydrogen-bond acceptors (Lipinski definition) is 2. The largest absolute Gasteiger partial charge is 0.375 e. The van der Waals surface area contributed by atoms with Crippen molar-refractivity contribution >= 4 is 15.9 Å². The average molecular weight is 332 g/mol. The van der Waals surface area contributed by atoms with E-state index in [-0.39, 0.29) is 29.7 Å². The minimum absolute atomic E-state index is 0.123. The number of ether oxygens (including phenoxy) is 1. The topological polar surface area (TPSA) is 21.3 Å². The van der Waals surface area contributed by atoms with Gasteiger partial charge in [-0.05, 0) is 54.4 Å². The van der Waals surface area contributed by atoms with Gasteiger partial charge < -0.3 is 10.1 Å². The van der Waals surface area contributed by atoms with E-state index in [1.54, 1.807) is 7.05 Å². The molecule has 0 aliphatic carbocycles.